The smallest absolute Gasteiger partial charge is 0.341 e. The number of pyridine rings is 1. The summed E-state index contributed by atoms with van der Waals surface area (Å²) in [5.41, 5.74) is 1.24. The lowest BCUT2D eigenvalue weighted by Gasteiger charge is -2.29. The summed E-state index contributed by atoms with van der Waals surface area (Å²) < 4.78 is 6.82. The van der Waals surface area contributed by atoms with E-state index in [9.17, 15) is 4.79 Å². The van der Waals surface area contributed by atoms with Gasteiger partial charge < -0.3 is 14.3 Å². The van der Waals surface area contributed by atoms with Gasteiger partial charge in [0.15, 0.2) is 0 Å². The second-order valence-electron chi connectivity index (χ2n) is 4.64. The van der Waals surface area contributed by atoms with Crippen LogP contribution in [0.3, 0.4) is 0 Å². The van der Waals surface area contributed by atoms with Crippen molar-refractivity contribution in [3.8, 4) is 0 Å². The molecule has 1 aliphatic carbocycles. The molecule has 0 unspecified atom stereocenters. The van der Waals surface area contributed by atoms with E-state index in [1.54, 1.807) is 12.4 Å². The van der Waals surface area contributed by atoms with E-state index in [0.717, 1.165) is 23.9 Å². The van der Waals surface area contributed by atoms with Crippen LogP contribution in [0.1, 0.15) is 35.7 Å². The van der Waals surface area contributed by atoms with E-state index < -0.39 is 5.97 Å². The molecule has 2 aromatic heterocycles. The van der Waals surface area contributed by atoms with Crippen molar-refractivity contribution in [2.45, 2.75) is 25.3 Å². The molecule has 2 heterocycles. The highest BCUT2D eigenvalue weighted by molar-refractivity contribution is 5.92. The maximum absolute atomic E-state index is 11.7. The number of esters is 1. The second kappa shape index (κ2) is 4.01. The van der Waals surface area contributed by atoms with Crippen LogP contribution in [0.2, 0.25) is 0 Å². The van der Waals surface area contributed by atoms with Crippen LogP contribution in [0, 0.1) is 5.41 Å². The largest absolute Gasteiger partial charge is 0.465 e. The topological polar surface area (TPSA) is 70.9 Å². The first-order chi connectivity index (χ1) is 8.72. The summed E-state index contributed by atoms with van der Waals surface area (Å²) in [5.74, 6) is -0.448. The zero-order chi connectivity index (χ0) is 12.7. The normalized spacial score (nSPS) is 15.6. The van der Waals surface area contributed by atoms with E-state index in [1.165, 1.54) is 13.5 Å². The quantitative estimate of drug-likeness (QED) is 0.794. The van der Waals surface area contributed by atoms with Crippen LogP contribution in [-0.4, -0.2) is 22.6 Å². The molecule has 5 nitrogen and oxygen atoms in total. The first kappa shape index (κ1) is 11.1. The van der Waals surface area contributed by atoms with Crippen LogP contribution < -0.4 is 5.36 Å². The lowest BCUT2D eigenvalue weighted by molar-refractivity contribution is 0.0597. The third kappa shape index (κ3) is 1.47. The predicted octanol–water partition coefficient (Wildman–Crippen LogP) is 1.96. The van der Waals surface area contributed by atoms with Gasteiger partial charge in [0.25, 0.3) is 0 Å². The van der Waals surface area contributed by atoms with Gasteiger partial charge in [-0.15, -0.1) is 0 Å². The van der Waals surface area contributed by atoms with Crippen LogP contribution in [0.4, 0.5) is 0 Å². The Morgan fingerprint density at radius 1 is 1.56 bits per heavy atom. The third-order valence-corrected chi connectivity index (χ3v) is 3.66. The van der Waals surface area contributed by atoms with E-state index in [2.05, 4.69) is 9.55 Å². The molecule has 0 radical (unpaired) electrons. The molecule has 5 heteroatoms. The van der Waals surface area contributed by atoms with Crippen molar-refractivity contribution in [2.75, 3.05) is 7.11 Å². The first-order valence-corrected chi connectivity index (χ1v) is 6.07. The minimum Gasteiger partial charge on any atom is -0.465 e. The van der Waals surface area contributed by atoms with Crippen molar-refractivity contribution in [1.82, 2.24) is 9.55 Å². The highest BCUT2D eigenvalue weighted by Crippen LogP contribution is 2.33. The molecular formula is C13H15N3O2. The Bertz CT molecular complexity index is 664. The number of nitrogens with one attached hydrogen (secondary N) is 2. The molecule has 0 amide bonds. The number of H-pyrrole nitrogens is 1. The highest BCUT2D eigenvalue weighted by atomic mass is 16.5. The van der Waals surface area contributed by atoms with Crippen LogP contribution in [0.15, 0.2) is 18.5 Å². The SMILES string of the molecule is COC(=O)c1cn(C2CCC2)c2[nH]ccc2c1=N. The first-order valence-electron chi connectivity index (χ1n) is 6.07. The standard InChI is InChI=1S/C13H15N3O2/c1-18-13(17)10-7-16(8-3-2-4-8)12-9(11(10)14)5-6-15-12/h5-8,14-15H,2-4H2,1H3. The molecule has 0 aromatic carbocycles. The highest BCUT2D eigenvalue weighted by Gasteiger charge is 2.23. The Morgan fingerprint density at radius 2 is 2.33 bits per heavy atom. The average molecular weight is 245 g/mol. The number of aromatic amines is 1. The van der Waals surface area contributed by atoms with E-state index in [0.29, 0.717) is 11.6 Å². The number of carbonyl (C=O) groups excluding carboxylic acids is 1. The Hall–Kier alpha value is -2.04. The van der Waals surface area contributed by atoms with Crippen molar-refractivity contribution in [3.63, 3.8) is 0 Å². The van der Waals surface area contributed by atoms with Crippen molar-refractivity contribution < 1.29 is 9.53 Å². The van der Waals surface area contributed by atoms with Gasteiger partial charge in [0.2, 0.25) is 0 Å². The zero-order valence-corrected chi connectivity index (χ0v) is 10.2. The molecular weight excluding hydrogens is 230 g/mol. The molecule has 1 aliphatic rings. The van der Waals surface area contributed by atoms with Gasteiger partial charge in [-0.3, -0.25) is 5.41 Å². The predicted molar refractivity (Wildman–Crippen MR) is 66.4 cm³/mol. The van der Waals surface area contributed by atoms with Gasteiger partial charge in [0.1, 0.15) is 11.2 Å². The summed E-state index contributed by atoms with van der Waals surface area (Å²) in [6, 6.07) is 2.26. The number of ether oxygens (including phenoxy) is 1. The maximum Gasteiger partial charge on any atom is 0.341 e. The number of rotatable bonds is 2. The number of nitrogens with zero attached hydrogens (tertiary/aromatic N) is 1. The summed E-state index contributed by atoms with van der Waals surface area (Å²) >= 11 is 0. The molecule has 0 bridgehead atoms. The van der Waals surface area contributed by atoms with E-state index >= 15 is 0 Å². The number of carbonyl (C=O) groups is 1. The van der Waals surface area contributed by atoms with Crippen molar-refractivity contribution in [2.24, 2.45) is 0 Å². The molecule has 0 atom stereocenters. The van der Waals surface area contributed by atoms with Crippen LogP contribution in [-0.2, 0) is 4.74 Å². The summed E-state index contributed by atoms with van der Waals surface area (Å²) in [6.45, 7) is 0. The fraction of sp³-hybridized carbons (Fsp3) is 0.385. The summed E-state index contributed by atoms with van der Waals surface area (Å²) in [5, 5.41) is 9.07. The lowest BCUT2D eigenvalue weighted by atomic mass is 9.92. The van der Waals surface area contributed by atoms with Gasteiger partial charge in [-0.1, -0.05) is 0 Å². The fourth-order valence-corrected chi connectivity index (χ4v) is 2.41. The Morgan fingerprint density at radius 3 is 2.94 bits per heavy atom. The minimum absolute atomic E-state index is 0.230. The summed E-state index contributed by atoms with van der Waals surface area (Å²) in [4.78, 5) is 14.9. The van der Waals surface area contributed by atoms with Gasteiger partial charge in [-0.25, -0.2) is 4.79 Å². The van der Waals surface area contributed by atoms with E-state index in [-0.39, 0.29) is 5.36 Å². The Kier molecular flexibility index (Phi) is 2.47. The van der Waals surface area contributed by atoms with Gasteiger partial charge in [0, 0.05) is 23.8 Å². The van der Waals surface area contributed by atoms with Gasteiger partial charge in [0.05, 0.1) is 12.5 Å². The zero-order valence-electron chi connectivity index (χ0n) is 10.2. The number of hydrogen-bond donors (Lipinski definition) is 2. The molecule has 18 heavy (non-hydrogen) atoms. The molecule has 1 fully saturated rings. The Labute approximate surface area is 104 Å². The summed E-state index contributed by atoms with van der Waals surface area (Å²) in [6.07, 6.45) is 7.01. The van der Waals surface area contributed by atoms with Crippen LogP contribution in [0.25, 0.3) is 11.0 Å². The monoisotopic (exact) mass is 245 g/mol. The molecule has 0 saturated heterocycles. The van der Waals surface area contributed by atoms with Crippen molar-refractivity contribution in [1.29, 1.82) is 5.41 Å². The lowest BCUT2D eigenvalue weighted by Crippen LogP contribution is -2.24. The molecule has 1 saturated carbocycles. The number of aromatic nitrogens is 2. The molecule has 2 aromatic rings. The molecule has 0 spiro atoms. The van der Waals surface area contributed by atoms with E-state index in [4.69, 9.17) is 10.1 Å². The van der Waals surface area contributed by atoms with Crippen molar-refractivity contribution >= 4 is 17.0 Å². The number of fused-ring (bicyclic) bond motifs is 1. The third-order valence-electron chi connectivity index (χ3n) is 3.66. The fourth-order valence-electron chi connectivity index (χ4n) is 2.41. The maximum atomic E-state index is 11.7. The molecule has 2 N–H and O–H groups in total. The number of hydrogen-bond acceptors (Lipinski definition) is 3. The second-order valence-corrected chi connectivity index (χ2v) is 4.64. The number of methoxy groups -OCH3 is 1. The van der Waals surface area contributed by atoms with Gasteiger partial charge in [-0.2, -0.15) is 0 Å². The minimum atomic E-state index is -0.448. The van der Waals surface area contributed by atoms with Crippen molar-refractivity contribution in [3.05, 3.63) is 29.4 Å². The van der Waals surface area contributed by atoms with Crippen LogP contribution in [0.5, 0.6) is 0 Å². The van der Waals surface area contributed by atoms with Gasteiger partial charge >= 0.3 is 5.97 Å². The Balaban J connectivity index is 2.27. The molecule has 3 rings (SSSR count). The summed E-state index contributed by atoms with van der Waals surface area (Å²) in [7, 11) is 1.34. The van der Waals surface area contributed by atoms with Crippen LogP contribution >= 0.6 is 0 Å². The van der Waals surface area contributed by atoms with Gasteiger partial charge in [-0.05, 0) is 25.3 Å². The average Bonchev–Trinajstić information content (AvgIpc) is 2.79. The molecule has 0 aliphatic heterocycles. The van der Waals surface area contributed by atoms with E-state index in [1.807, 2.05) is 6.07 Å². The molecule has 94 valence electrons.